The average molecular weight is 331 g/mol. The van der Waals surface area contributed by atoms with E-state index in [2.05, 4.69) is 14.5 Å². The topological polar surface area (TPSA) is 67.8 Å². The van der Waals surface area contributed by atoms with Gasteiger partial charge in [0, 0.05) is 29.7 Å². The molecule has 6 heteroatoms. The number of thioether (sulfide) groups is 1. The van der Waals surface area contributed by atoms with E-state index in [1.807, 2.05) is 27.0 Å². The van der Waals surface area contributed by atoms with Crippen molar-refractivity contribution >= 4 is 23.3 Å². The van der Waals surface area contributed by atoms with Crippen molar-refractivity contribution in [2.24, 2.45) is 0 Å². The number of hydrogen-bond donors (Lipinski definition) is 1. The van der Waals surface area contributed by atoms with Crippen LogP contribution in [0.5, 0.6) is 0 Å². The lowest BCUT2D eigenvalue weighted by Crippen LogP contribution is -2.16. The highest BCUT2D eigenvalue weighted by atomic mass is 32.2. The van der Waals surface area contributed by atoms with Gasteiger partial charge in [0.15, 0.2) is 16.7 Å². The Bertz CT molecular complexity index is 771. The molecular weight excluding hydrogens is 310 g/mol. The summed E-state index contributed by atoms with van der Waals surface area (Å²) >= 11 is 1.48. The minimum atomic E-state index is -0.258. The maximum Gasteiger partial charge on any atom is 0.192 e. The first-order valence-electron chi connectivity index (χ1n) is 7.84. The molecule has 0 saturated heterocycles. The molecule has 0 aliphatic heterocycles. The molecule has 1 aliphatic carbocycles. The van der Waals surface area contributed by atoms with Gasteiger partial charge >= 0.3 is 0 Å². The SMILES string of the molecule is CC(=O)c1c(C)[nH]c(C(=O)[C@H](C)Sc2nccn2C2CC2)c1C. The third kappa shape index (κ3) is 3.00. The molecule has 1 saturated carbocycles. The van der Waals surface area contributed by atoms with Crippen molar-refractivity contribution in [3.8, 4) is 0 Å². The minimum Gasteiger partial charge on any atom is -0.355 e. The molecule has 3 rings (SSSR count). The monoisotopic (exact) mass is 331 g/mol. The summed E-state index contributed by atoms with van der Waals surface area (Å²) in [6, 6.07) is 0.543. The molecule has 1 atom stereocenters. The zero-order valence-corrected chi connectivity index (χ0v) is 14.7. The molecule has 122 valence electrons. The summed E-state index contributed by atoms with van der Waals surface area (Å²) in [6.45, 7) is 7.08. The average Bonchev–Trinajstić information content (AvgIpc) is 3.15. The van der Waals surface area contributed by atoms with Crippen molar-refractivity contribution in [1.29, 1.82) is 0 Å². The number of nitrogens with zero attached hydrogens (tertiary/aromatic N) is 2. The minimum absolute atomic E-state index is 0.00782. The van der Waals surface area contributed by atoms with Crippen LogP contribution in [0.1, 0.15) is 64.8 Å². The lowest BCUT2D eigenvalue weighted by molar-refractivity contribution is 0.0988. The number of aromatic amines is 1. The number of H-pyrrole nitrogens is 1. The molecule has 5 nitrogen and oxygen atoms in total. The quantitative estimate of drug-likeness (QED) is 0.647. The summed E-state index contributed by atoms with van der Waals surface area (Å²) in [7, 11) is 0. The van der Waals surface area contributed by atoms with Gasteiger partial charge in [0.25, 0.3) is 0 Å². The second-order valence-electron chi connectivity index (χ2n) is 6.15. The third-order valence-electron chi connectivity index (χ3n) is 4.26. The Morgan fingerprint density at radius 2 is 2.09 bits per heavy atom. The van der Waals surface area contributed by atoms with Gasteiger partial charge in [-0.3, -0.25) is 9.59 Å². The number of imidazole rings is 1. The van der Waals surface area contributed by atoms with Crippen LogP contribution in [0.4, 0.5) is 0 Å². The molecule has 1 N–H and O–H groups in total. The van der Waals surface area contributed by atoms with Crippen LogP contribution in [-0.4, -0.2) is 31.4 Å². The number of rotatable bonds is 6. The molecule has 23 heavy (non-hydrogen) atoms. The molecule has 1 fully saturated rings. The van der Waals surface area contributed by atoms with Gasteiger partial charge in [0.2, 0.25) is 0 Å². The molecule has 0 amide bonds. The number of nitrogens with one attached hydrogen (secondary N) is 1. The molecule has 0 spiro atoms. The van der Waals surface area contributed by atoms with Crippen LogP contribution < -0.4 is 0 Å². The van der Waals surface area contributed by atoms with E-state index in [4.69, 9.17) is 0 Å². The van der Waals surface area contributed by atoms with E-state index >= 15 is 0 Å². The van der Waals surface area contributed by atoms with E-state index in [9.17, 15) is 9.59 Å². The van der Waals surface area contributed by atoms with Gasteiger partial charge in [0.05, 0.1) is 10.9 Å². The van der Waals surface area contributed by atoms with Crippen molar-refractivity contribution in [2.45, 2.75) is 57.0 Å². The molecular formula is C17H21N3O2S. The molecule has 2 heterocycles. The predicted molar refractivity (Wildman–Crippen MR) is 90.4 cm³/mol. The van der Waals surface area contributed by atoms with Crippen LogP contribution in [0.25, 0.3) is 0 Å². The molecule has 0 unspecified atom stereocenters. The van der Waals surface area contributed by atoms with Crippen LogP contribution in [0, 0.1) is 13.8 Å². The fourth-order valence-corrected chi connectivity index (χ4v) is 3.96. The van der Waals surface area contributed by atoms with Crippen molar-refractivity contribution in [3.05, 3.63) is 34.9 Å². The number of aryl methyl sites for hydroxylation is 1. The van der Waals surface area contributed by atoms with Crippen LogP contribution in [0.3, 0.4) is 0 Å². The lowest BCUT2D eigenvalue weighted by atomic mass is 10.0. The molecule has 2 aromatic heterocycles. The van der Waals surface area contributed by atoms with Crippen molar-refractivity contribution < 1.29 is 9.59 Å². The summed E-state index contributed by atoms with van der Waals surface area (Å²) in [5.41, 5.74) is 2.68. The first-order chi connectivity index (χ1) is 10.9. The van der Waals surface area contributed by atoms with Crippen molar-refractivity contribution in [3.63, 3.8) is 0 Å². The third-order valence-corrected chi connectivity index (χ3v) is 5.36. The Morgan fingerprint density at radius 1 is 1.39 bits per heavy atom. The first kappa shape index (κ1) is 16.1. The van der Waals surface area contributed by atoms with Gasteiger partial charge in [-0.25, -0.2) is 4.98 Å². The maximum absolute atomic E-state index is 12.8. The Balaban J connectivity index is 1.81. The number of carbonyl (C=O) groups excluding carboxylic acids is 2. The summed E-state index contributed by atoms with van der Waals surface area (Å²) in [5.74, 6) is -0.00618. The Kier molecular flexibility index (Phi) is 4.19. The zero-order valence-electron chi connectivity index (χ0n) is 13.8. The molecule has 0 radical (unpaired) electrons. The highest BCUT2D eigenvalue weighted by Gasteiger charge is 2.29. The van der Waals surface area contributed by atoms with E-state index < -0.39 is 0 Å². The van der Waals surface area contributed by atoms with Gasteiger partial charge in [-0.15, -0.1) is 0 Å². The Labute approximate surface area is 139 Å². The lowest BCUT2D eigenvalue weighted by Gasteiger charge is -2.11. The summed E-state index contributed by atoms with van der Waals surface area (Å²) in [5, 5.41) is 0.632. The van der Waals surface area contributed by atoms with Gasteiger partial charge in [0.1, 0.15) is 0 Å². The Hall–Kier alpha value is -1.82. The fraction of sp³-hybridized carbons (Fsp3) is 0.471. The van der Waals surface area contributed by atoms with E-state index in [-0.39, 0.29) is 16.8 Å². The van der Waals surface area contributed by atoms with Crippen LogP contribution >= 0.6 is 11.8 Å². The summed E-state index contributed by atoms with van der Waals surface area (Å²) < 4.78 is 2.16. The molecule has 2 aromatic rings. The number of carbonyl (C=O) groups is 2. The standard InChI is InChI=1S/C17H21N3O2S/c1-9-14(11(3)21)10(2)19-15(9)16(22)12(4)23-17-18-7-8-20(17)13-5-6-13/h7-8,12-13,19H,5-6H2,1-4H3/t12-/m0/s1. The van der Waals surface area contributed by atoms with Gasteiger partial charge in [-0.1, -0.05) is 11.8 Å². The predicted octanol–water partition coefficient (Wildman–Crippen LogP) is 3.73. The van der Waals surface area contributed by atoms with E-state index in [1.165, 1.54) is 31.5 Å². The Morgan fingerprint density at radius 3 is 2.65 bits per heavy atom. The van der Waals surface area contributed by atoms with Crippen LogP contribution in [0.2, 0.25) is 0 Å². The van der Waals surface area contributed by atoms with E-state index in [1.54, 1.807) is 6.20 Å². The normalized spacial score (nSPS) is 15.7. The smallest absolute Gasteiger partial charge is 0.192 e. The first-order valence-corrected chi connectivity index (χ1v) is 8.72. The second kappa shape index (κ2) is 6.00. The number of ketones is 2. The van der Waals surface area contributed by atoms with Crippen LogP contribution in [0.15, 0.2) is 17.6 Å². The number of aromatic nitrogens is 3. The van der Waals surface area contributed by atoms with E-state index in [0.717, 1.165) is 16.4 Å². The summed E-state index contributed by atoms with van der Waals surface area (Å²) in [4.78, 5) is 32.0. The highest BCUT2D eigenvalue weighted by molar-refractivity contribution is 8.00. The molecule has 0 aromatic carbocycles. The van der Waals surface area contributed by atoms with Gasteiger partial charge < -0.3 is 9.55 Å². The fourth-order valence-electron chi connectivity index (χ4n) is 2.96. The van der Waals surface area contributed by atoms with Crippen molar-refractivity contribution in [2.75, 3.05) is 0 Å². The maximum atomic E-state index is 12.8. The molecule has 0 bridgehead atoms. The number of Topliss-reactive ketones (excluding diaryl/α,β-unsaturated/α-hetero) is 2. The largest absolute Gasteiger partial charge is 0.355 e. The van der Waals surface area contributed by atoms with E-state index in [0.29, 0.717) is 17.3 Å². The van der Waals surface area contributed by atoms with Gasteiger partial charge in [-0.05, 0) is 46.1 Å². The van der Waals surface area contributed by atoms with Crippen LogP contribution in [-0.2, 0) is 0 Å². The number of hydrogen-bond acceptors (Lipinski definition) is 4. The zero-order chi connectivity index (χ0) is 16.7. The van der Waals surface area contributed by atoms with Crippen molar-refractivity contribution in [1.82, 2.24) is 14.5 Å². The van der Waals surface area contributed by atoms with Gasteiger partial charge in [-0.2, -0.15) is 0 Å². The molecule has 1 aliphatic rings. The second-order valence-corrected chi connectivity index (χ2v) is 7.46. The summed E-state index contributed by atoms with van der Waals surface area (Å²) in [6.07, 6.45) is 6.14. The highest BCUT2D eigenvalue weighted by Crippen LogP contribution is 2.38.